The summed E-state index contributed by atoms with van der Waals surface area (Å²) in [6.07, 6.45) is 13.3. The van der Waals surface area contributed by atoms with Crippen molar-refractivity contribution in [1.82, 2.24) is 0 Å². The van der Waals surface area contributed by atoms with E-state index in [0.29, 0.717) is 5.92 Å². The van der Waals surface area contributed by atoms with Gasteiger partial charge in [-0.3, -0.25) is 0 Å². The van der Waals surface area contributed by atoms with Gasteiger partial charge in [0, 0.05) is 0 Å². The highest BCUT2D eigenvalue weighted by Gasteiger charge is 2.18. The molecule has 0 aliphatic carbocycles. The lowest BCUT2D eigenvalue weighted by Crippen LogP contribution is -2.15. The van der Waals surface area contributed by atoms with Crippen molar-refractivity contribution in [2.24, 2.45) is 23.7 Å². The maximum atomic E-state index is 4.05. The summed E-state index contributed by atoms with van der Waals surface area (Å²) in [7, 11) is 0. The zero-order valence-corrected chi connectivity index (χ0v) is 13.8. The minimum Gasteiger partial charge on any atom is -0.103 e. The van der Waals surface area contributed by atoms with Crippen molar-refractivity contribution < 1.29 is 0 Å². The largest absolute Gasteiger partial charge is 0.103 e. The van der Waals surface area contributed by atoms with Crippen molar-refractivity contribution in [1.29, 1.82) is 0 Å². The molecule has 0 amide bonds. The summed E-state index contributed by atoms with van der Waals surface area (Å²) >= 11 is 0. The highest BCUT2D eigenvalue weighted by atomic mass is 14.2. The van der Waals surface area contributed by atoms with Crippen molar-refractivity contribution in [3.05, 3.63) is 25.3 Å². The topological polar surface area (TPSA) is 0 Å². The van der Waals surface area contributed by atoms with Gasteiger partial charge in [-0.25, -0.2) is 0 Å². The lowest BCUT2D eigenvalue weighted by atomic mass is 9.80. The molecule has 0 heteroatoms. The van der Waals surface area contributed by atoms with E-state index in [9.17, 15) is 0 Å². The molecule has 0 fully saturated rings. The van der Waals surface area contributed by atoms with Crippen LogP contribution in [0.4, 0.5) is 0 Å². The van der Waals surface area contributed by atoms with Crippen LogP contribution in [0.25, 0.3) is 0 Å². The van der Waals surface area contributed by atoms with Gasteiger partial charge in [-0.05, 0) is 42.9 Å². The molecule has 0 radical (unpaired) electrons. The normalized spacial score (nSPS) is 17.5. The number of hydrogen-bond donors (Lipinski definition) is 0. The molecule has 112 valence electrons. The monoisotopic (exact) mass is 264 g/mol. The van der Waals surface area contributed by atoms with Crippen LogP contribution >= 0.6 is 0 Å². The van der Waals surface area contributed by atoms with Crippen LogP contribution in [0, 0.1) is 23.7 Å². The van der Waals surface area contributed by atoms with E-state index in [1.807, 2.05) is 0 Å². The van der Waals surface area contributed by atoms with Crippen LogP contribution in [0.15, 0.2) is 25.3 Å². The summed E-state index contributed by atoms with van der Waals surface area (Å²) in [5, 5.41) is 0. The molecule has 0 saturated carbocycles. The summed E-state index contributed by atoms with van der Waals surface area (Å²) in [4.78, 5) is 0. The number of rotatable bonds is 12. The van der Waals surface area contributed by atoms with E-state index < -0.39 is 0 Å². The van der Waals surface area contributed by atoms with Crippen LogP contribution < -0.4 is 0 Å². The van der Waals surface area contributed by atoms with Crippen LogP contribution in [0.5, 0.6) is 0 Å². The van der Waals surface area contributed by atoms with Crippen LogP contribution in [0.2, 0.25) is 0 Å². The molecule has 0 aromatic rings. The molecule has 0 spiro atoms. The zero-order chi connectivity index (χ0) is 14.7. The Kier molecular flexibility index (Phi) is 11.0. The Morgan fingerprint density at radius 2 is 1.68 bits per heavy atom. The van der Waals surface area contributed by atoms with Gasteiger partial charge in [-0.2, -0.15) is 0 Å². The van der Waals surface area contributed by atoms with Crippen LogP contribution in [-0.4, -0.2) is 0 Å². The third-order valence-electron chi connectivity index (χ3n) is 4.67. The minimum atomic E-state index is 0.702. The summed E-state index contributed by atoms with van der Waals surface area (Å²) in [5.41, 5.74) is 0. The Morgan fingerprint density at radius 3 is 2.16 bits per heavy atom. The second-order valence-electron chi connectivity index (χ2n) is 6.37. The predicted molar refractivity (Wildman–Crippen MR) is 89.4 cm³/mol. The predicted octanol–water partition coefficient (Wildman–Crippen LogP) is 6.63. The first-order chi connectivity index (χ1) is 9.08. The first-order valence-electron chi connectivity index (χ1n) is 8.32. The minimum absolute atomic E-state index is 0.702. The SMILES string of the molecule is C=CCC(CCC)C(C)CC(C=C)CCC(C)CC. The highest BCUT2D eigenvalue weighted by Crippen LogP contribution is 2.30. The molecule has 4 atom stereocenters. The van der Waals surface area contributed by atoms with E-state index in [2.05, 4.69) is 53.0 Å². The molecule has 0 aliphatic heterocycles. The maximum absolute atomic E-state index is 4.05. The van der Waals surface area contributed by atoms with Crippen molar-refractivity contribution >= 4 is 0 Å². The molecule has 0 aliphatic rings. The molecule has 0 rings (SSSR count). The molecular formula is C19H36. The second-order valence-corrected chi connectivity index (χ2v) is 6.37. The van der Waals surface area contributed by atoms with Crippen LogP contribution in [0.1, 0.15) is 72.6 Å². The molecule has 0 N–H and O–H groups in total. The van der Waals surface area contributed by atoms with Gasteiger partial charge in [-0.1, -0.05) is 65.5 Å². The molecule has 0 saturated heterocycles. The van der Waals surface area contributed by atoms with E-state index in [1.165, 1.54) is 44.9 Å². The number of hydrogen-bond acceptors (Lipinski definition) is 0. The lowest BCUT2D eigenvalue weighted by molar-refractivity contribution is 0.278. The van der Waals surface area contributed by atoms with Crippen LogP contribution in [0.3, 0.4) is 0 Å². The molecule has 4 unspecified atom stereocenters. The molecular weight excluding hydrogens is 228 g/mol. The average Bonchev–Trinajstić information content (AvgIpc) is 2.42. The average molecular weight is 264 g/mol. The van der Waals surface area contributed by atoms with Crippen molar-refractivity contribution in [2.75, 3.05) is 0 Å². The zero-order valence-electron chi connectivity index (χ0n) is 13.8. The van der Waals surface area contributed by atoms with Gasteiger partial charge in [-0.15, -0.1) is 13.2 Å². The van der Waals surface area contributed by atoms with E-state index >= 15 is 0 Å². The third-order valence-corrected chi connectivity index (χ3v) is 4.67. The Balaban J connectivity index is 4.25. The highest BCUT2D eigenvalue weighted by molar-refractivity contribution is 4.84. The summed E-state index contributed by atoms with van der Waals surface area (Å²) in [6, 6.07) is 0. The van der Waals surface area contributed by atoms with Gasteiger partial charge < -0.3 is 0 Å². The lowest BCUT2D eigenvalue weighted by Gasteiger charge is -2.26. The second kappa shape index (κ2) is 11.3. The van der Waals surface area contributed by atoms with Gasteiger partial charge in [0.1, 0.15) is 0 Å². The summed E-state index contributed by atoms with van der Waals surface area (Å²) < 4.78 is 0. The standard InChI is InChI=1S/C19H36/c1-7-11-19(12-8-2)17(6)15-18(10-4)14-13-16(5)9-3/h7,10,16-19H,1,4,8-9,11-15H2,2-3,5-6H3. The van der Waals surface area contributed by atoms with Gasteiger partial charge in [0.2, 0.25) is 0 Å². The molecule has 0 aromatic carbocycles. The van der Waals surface area contributed by atoms with Crippen molar-refractivity contribution in [3.63, 3.8) is 0 Å². The summed E-state index contributed by atoms with van der Waals surface area (Å²) in [5.74, 6) is 3.16. The fourth-order valence-corrected chi connectivity index (χ4v) is 2.92. The molecule has 0 nitrogen and oxygen atoms in total. The molecule has 0 bridgehead atoms. The van der Waals surface area contributed by atoms with Gasteiger partial charge in [0.05, 0.1) is 0 Å². The van der Waals surface area contributed by atoms with E-state index in [1.54, 1.807) is 0 Å². The van der Waals surface area contributed by atoms with E-state index in [0.717, 1.165) is 17.8 Å². The first kappa shape index (κ1) is 18.5. The fourth-order valence-electron chi connectivity index (χ4n) is 2.92. The van der Waals surface area contributed by atoms with E-state index in [4.69, 9.17) is 0 Å². The molecule has 19 heavy (non-hydrogen) atoms. The summed E-state index contributed by atoms with van der Waals surface area (Å²) in [6.45, 7) is 17.3. The Morgan fingerprint density at radius 1 is 1.00 bits per heavy atom. The van der Waals surface area contributed by atoms with Gasteiger partial charge >= 0.3 is 0 Å². The Labute approximate surface area is 122 Å². The van der Waals surface area contributed by atoms with Gasteiger partial charge in [0.15, 0.2) is 0 Å². The fraction of sp³-hybridized carbons (Fsp3) is 0.789. The molecule has 0 aromatic heterocycles. The first-order valence-corrected chi connectivity index (χ1v) is 8.32. The van der Waals surface area contributed by atoms with Crippen molar-refractivity contribution in [3.8, 4) is 0 Å². The van der Waals surface area contributed by atoms with Crippen molar-refractivity contribution in [2.45, 2.75) is 72.6 Å². The smallest absolute Gasteiger partial charge is 0.0233 e. The van der Waals surface area contributed by atoms with Gasteiger partial charge in [0.25, 0.3) is 0 Å². The molecule has 0 heterocycles. The Hall–Kier alpha value is -0.520. The quantitative estimate of drug-likeness (QED) is 0.347. The third kappa shape index (κ3) is 8.29. The van der Waals surface area contributed by atoms with Crippen LogP contribution in [-0.2, 0) is 0 Å². The Bertz CT molecular complexity index is 228. The number of allylic oxidation sites excluding steroid dienone is 2. The maximum Gasteiger partial charge on any atom is -0.0233 e. The van der Waals surface area contributed by atoms with E-state index in [-0.39, 0.29) is 0 Å².